The number of ether oxygens (including phenoxy) is 2. The Kier molecular flexibility index (Phi) is 20.2. The first-order valence-corrected chi connectivity index (χ1v) is 15.3. The van der Waals surface area contributed by atoms with Crippen LogP contribution in [0.15, 0.2) is 24.3 Å². The first-order valence-electron chi connectivity index (χ1n) is 15.3. The molecule has 0 aromatic heterocycles. The Hall–Kier alpha value is -2.24. The fraction of sp³-hybridized carbons (Fsp3) is 0.750. The molecule has 0 amide bonds. The molecule has 0 saturated carbocycles. The van der Waals surface area contributed by atoms with E-state index in [0.717, 1.165) is 12.8 Å². The molecule has 2 rings (SSSR count). The van der Waals surface area contributed by atoms with Crippen LogP contribution in [0.2, 0.25) is 0 Å². The van der Waals surface area contributed by atoms with Gasteiger partial charge in [0.05, 0.1) is 24.7 Å². The Morgan fingerprint density at radius 3 is 1.18 bits per heavy atom. The average molecular weight is 533 g/mol. The van der Waals surface area contributed by atoms with Gasteiger partial charge in [-0.25, -0.2) is 0 Å². The third-order valence-electron chi connectivity index (χ3n) is 7.04. The summed E-state index contributed by atoms with van der Waals surface area (Å²) in [5.74, 6) is -1.95. The van der Waals surface area contributed by atoms with Gasteiger partial charge in [-0.1, -0.05) is 115 Å². The fourth-order valence-electron chi connectivity index (χ4n) is 4.60. The Morgan fingerprint density at radius 1 is 0.526 bits per heavy atom. The summed E-state index contributed by atoms with van der Waals surface area (Å²) in [6.07, 6.45) is 30.6. The maximum atomic E-state index is 11.2. The summed E-state index contributed by atoms with van der Waals surface area (Å²) in [7, 11) is 0. The van der Waals surface area contributed by atoms with Gasteiger partial charge in [0.15, 0.2) is 0 Å². The Balaban J connectivity index is 0.000000380. The molecule has 6 nitrogen and oxygen atoms in total. The maximum absolute atomic E-state index is 11.2. The van der Waals surface area contributed by atoms with E-state index in [2.05, 4.69) is 35.5 Å². The van der Waals surface area contributed by atoms with Crippen molar-refractivity contribution in [3.63, 3.8) is 0 Å². The van der Waals surface area contributed by atoms with Crippen LogP contribution in [0.1, 0.15) is 142 Å². The van der Waals surface area contributed by atoms with Crippen LogP contribution in [-0.4, -0.2) is 23.9 Å². The summed E-state index contributed by atoms with van der Waals surface area (Å²) in [5.41, 5.74) is 0. The van der Waals surface area contributed by atoms with Gasteiger partial charge in [0.2, 0.25) is 0 Å². The van der Waals surface area contributed by atoms with Crippen LogP contribution in [0.25, 0.3) is 0 Å². The molecule has 2 unspecified atom stereocenters. The van der Waals surface area contributed by atoms with E-state index in [1.54, 1.807) is 0 Å². The first-order chi connectivity index (χ1) is 18.5. The van der Waals surface area contributed by atoms with Gasteiger partial charge in [0.1, 0.15) is 0 Å². The number of hydrogen-bond donors (Lipinski definition) is 0. The monoisotopic (exact) mass is 532 g/mol. The zero-order valence-corrected chi connectivity index (χ0v) is 24.1. The van der Waals surface area contributed by atoms with Crippen molar-refractivity contribution in [1.82, 2.24) is 0 Å². The standard InChI is InChI=1S/2C16H26O3/c2*1-2-3-4-5-6-7-8-9-10-11-12-14-13-15(17)19-16(14)18/h2*10-11,14H,2-9,12-13H2,1H3. The van der Waals surface area contributed by atoms with Crippen LogP contribution in [0.5, 0.6) is 0 Å². The molecule has 0 bridgehead atoms. The highest BCUT2D eigenvalue weighted by atomic mass is 16.6. The number of esters is 4. The highest BCUT2D eigenvalue weighted by molar-refractivity contribution is 5.95. The molecule has 6 heteroatoms. The number of allylic oxidation sites excluding steroid dienone is 4. The molecule has 2 heterocycles. The molecule has 0 aliphatic carbocycles. The summed E-state index contributed by atoms with van der Waals surface area (Å²) < 4.78 is 9.01. The van der Waals surface area contributed by atoms with Crippen LogP contribution in [-0.2, 0) is 28.7 Å². The molecule has 0 N–H and O–H groups in total. The van der Waals surface area contributed by atoms with Crippen LogP contribution in [0.3, 0.4) is 0 Å². The predicted octanol–water partition coefficient (Wildman–Crippen LogP) is 8.33. The Morgan fingerprint density at radius 2 is 0.868 bits per heavy atom. The zero-order valence-electron chi connectivity index (χ0n) is 24.1. The van der Waals surface area contributed by atoms with Crippen molar-refractivity contribution in [1.29, 1.82) is 0 Å². The summed E-state index contributed by atoms with van der Waals surface area (Å²) in [4.78, 5) is 44.2. The molecular weight excluding hydrogens is 480 g/mol. The third kappa shape index (κ3) is 17.3. The molecule has 2 aliphatic heterocycles. The van der Waals surface area contributed by atoms with E-state index < -0.39 is 0 Å². The van der Waals surface area contributed by atoms with Crippen LogP contribution < -0.4 is 0 Å². The molecule has 2 atom stereocenters. The van der Waals surface area contributed by atoms with Crippen LogP contribution in [0.4, 0.5) is 0 Å². The van der Waals surface area contributed by atoms with Gasteiger partial charge in [0.25, 0.3) is 0 Å². The Labute approximate surface area is 231 Å². The summed E-state index contributed by atoms with van der Waals surface area (Å²) >= 11 is 0. The lowest BCUT2D eigenvalue weighted by atomic mass is 10.0. The van der Waals surface area contributed by atoms with Gasteiger partial charge >= 0.3 is 23.9 Å². The largest absolute Gasteiger partial charge is 0.393 e. The van der Waals surface area contributed by atoms with Crippen molar-refractivity contribution in [2.45, 2.75) is 142 Å². The van der Waals surface area contributed by atoms with E-state index in [1.807, 2.05) is 12.2 Å². The summed E-state index contributed by atoms with van der Waals surface area (Å²) in [6, 6.07) is 0. The van der Waals surface area contributed by atoms with E-state index in [4.69, 9.17) is 0 Å². The van der Waals surface area contributed by atoms with Gasteiger partial charge in [-0.15, -0.1) is 0 Å². The predicted molar refractivity (Wildman–Crippen MR) is 151 cm³/mol. The van der Waals surface area contributed by atoms with E-state index in [9.17, 15) is 19.2 Å². The topological polar surface area (TPSA) is 86.7 Å². The van der Waals surface area contributed by atoms with Crippen LogP contribution >= 0.6 is 0 Å². The van der Waals surface area contributed by atoms with E-state index in [0.29, 0.717) is 12.8 Å². The SMILES string of the molecule is CCCCCCCCCC=CCC1CC(=O)OC1=O.CCCCCCCCCC=CCC1CC(=O)OC1=O. The second kappa shape index (κ2) is 22.7. The van der Waals surface area contributed by atoms with Crippen molar-refractivity contribution >= 4 is 23.9 Å². The van der Waals surface area contributed by atoms with Gasteiger partial charge in [-0.3, -0.25) is 19.2 Å². The first kappa shape index (κ1) is 33.8. The van der Waals surface area contributed by atoms with E-state index in [-0.39, 0.29) is 48.6 Å². The van der Waals surface area contributed by atoms with Crippen molar-refractivity contribution in [2.24, 2.45) is 11.8 Å². The highest BCUT2D eigenvalue weighted by Gasteiger charge is 2.32. The molecule has 0 spiro atoms. The Bertz CT molecular complexity index is 676. The lowest BCUT2D eigenvalue weighted by Gasteiger charge is -2.00. The molecule has 216 valence electrons. The molecule has 2 saturated heterocycles. The number of carbonyl (C=O) groups is 4. The van der Waals surface area contributed by atoms with E-state index >= 15 is 0 Å². The van der Waals surface area contributed by atoms with Gasteiger partial charge in [0, 0.05) is 0 Å². The second-order valence-corrected chi connectivity index (χ2v) is 10.6. The number of carbonyl (C=O) groups excluding carboxylic acids is 4. The molecule has 0 aromatic rings. The molecular formula is C32H52O6. The van der Waals surface area contributed by atoms with Crippen molar-refractivity contribution < 1.29 is 28.7 Å². The van der Waals surface area contributed by atoms with Crippen molar-refractivity contribution in [3.05, 3.63) is 24.3 Å². The van der Waals surface area contributed by atoms with E-state index in [1.165, 1.54) is 89.9 Å². The lowest BCUT2D eigenvalue weighted by Crippen LogP contribution is -2.05. The minimum absolute atomic E-state index is 0.238. The quantitative estimate of drug-likeness (QED) is 0.0678. The summed E-state index contributed by atoms with van der Waals surface area (Å²) in [5, 5.41) is 0. The molecule has 0 radical (unpaired) electrons. The second-order valence-electron chi connectivity index (χ2n) is 10.6. The number of cyclic esters (lactones) is 4. The van der Waals surface area contributed by atoms with Crippen molar-refractivity contribution in [2.75, 3.05) is 0 Å². The maximum Gasteiger partial charge on any atom is 0.317 e. The average Bonchev–Trinajstić information content (AvgIpc) is 3.39. The van der Waals surface area contributed by atoms with Crippen LogP contribution in [0, 0.1) is 11.8 Å². The number of rotatable bonds is 20. The molecule has 38 heavy (non-hydrogen) atoms. The van der Waals surface area contributed by atoms with Gasteiger partial charge < -0.3 is 9.47 Å². The van der Waals surface area contributed by atoms with Crippen molar-refractivity contribution in [3.8, 4) is 0 Å². The molecule has 0 aromatic carbocycles. The molecule has 2 aliphatic rings. The minimum Gasteiger partial charge on any atom is -0.393 e. The normalized spacial score (nSPS) is 19.3. The third-order valence-corrected chi connectivity index (χ3v) is 7.04. The minimum atomic E-state index is -0.379. The molecule has 2 fully saturated rings. The zero-order chi connectivity index (χ0) is 27.8. The smallest absolute Gasteiger partial charge is 0.317 e. The lowest BCUT2D eigenvalue weighted by molar-refractivity contribution is -0.154. The number of hydrogen-bond acceptors (Lipinski definition) is 6. The fourth-order valence-corrected chi connectivity index (χ4v) is 4.60. The summed E-state index contributed by atoms with van der Waals surface area (Å²) in [6.45, 7) is 4.47. The number of unbranched alkanes of at least 4 members (excludes halogenated alkanes) is 14. The van der Waals surface area contributed by atoms with Gasteiger partial charge in [-0.05, 0) is 38.5 Å². The van der Waals surface area contributed by atoms with Gasteiger partial charge in [-0.2, -0.15) is 0 Å². The highest BCUT2D eigenvalue weighted by Crippen LogP contribution is 2.21.